The standard InChI is InChI=1S/C15H12O4/c16-7-9-5-10(8-17)14-13(6-9)11-3-1-2-4-12(11)15(18)19-14/h1-6,16-17H,7-8H2. The number of rotatable bonds is 2. The predicted octanol–water partition coefficient (Wildman–Crippen LogP) is 1.93. The van der Waals surface area contributed by atoms with Crippen LogP contribution in [0.1, 0.15) is 11.1 Å². The molecule has 3 rings (SSSR count). The molecule has 4 nitrogen and oxygen atoms in total. The Hall–Kier alpha value is -2.17. The molecule has 2 N–H and O–H groups in total. The molecule has 0 spiro atoms. The van der Waals surface area contributed by atoms with Gasteiger partial charge in [0.2, 0.25) is 0 Å². The van der Waals surface area contributed by atoms with Crippen LogP contribution in [-0.2, 0) is 13.2 Å². The highest BCUT2D eigenvalue weighted by Crippen LogP contribution is 2.27. The molecule has 0 amide bonds. The van der Waals surface area contributed by atoms with Gasteiger partial charge in [-0.1, -0.05) is 18.2 Å². The van der Waals surface area contributed by atoms with Gasteiger partial charge in [-0.2, -0.15) is 0 Å². The molecule has 19 heavy (non-hydrogen) atoms. The van der Waals surface area contributed by atoms with Crippen molar-refractivity contribution in [2.75, 3.05) is 0 Å². The monoisotopic (exact) mass is 256 g/mol. The Kier molecular flexibility index (Phi) is 2.81. The van der Waals surface area contributed by atoms with Crippen LogP contribution in [0, 0.1) is 0 Å². The van der Waals surface area contributed by atoms with Gasteiger partial charge in [0.05, 0.1) is 18.6 Å². The SMILES string of the molecule is O=c1oc2c(CO)cc(CO)cc2c2ccccc12. The molecule has 0 bridgehead atoms. The highest BCUT2D eigenvalue weighted by atomic mass is 16.4. The third-order valence-corrected chi connectivity index (χ3v) is 3.21. The van der Waals surface area contributed by atoms with Crippen LogP contribution in [0.25, 0.3) is 21.7 Å². The highest BCUT2D eigenvalue weighted by Gasteiger charge is 2.11. The lowest BCUT2D eigenvalue weighted by molar-refractivity contribution is 0.275. The molecule has 96 valence electrons. The average molecular weight is 256 g/mol. The summed E-state index contributed by atoms with van der Waals surface area (Å²) in [7, 11) is 0. The van der Waals surface area contributed by atoms with Crippen LogP contribution in [0.5, 0.6) is 0 Å². The molecular weight excluding hydrogens is 244 g/mol. The van der Waals surface area contributed by atoms with Gasteiger partial charge in [0, 0.05) is 10.9 Å². The summed E-state index contributed by atoms with van der Waals surface area (Å²) < 4.78 is 5.30. The molecular formula is C15H12O4. The highest BCUT2D eigenvalue weighted by molar-refractivity contribution is 6.05. The molecule has 0 atom stereocenters. The predicted molar refractivity (Wildman–Crippen MR) is 71.8 cm³/mol. The summed E-state index contributed by atoms with van der Waals surface area (Å²) in [4.78, 5) is 11.9. The summed E-state index contributed by atoms with van der Waals surface area (Å²) in [5, 5.41) is 20.6. The van der Waals surface area contributed by atoms with Crippen molar-refractivity contribution in [3.8, 4) is 0 Å². The fraction of sp³-hybridized carbons (Fsp3) is 0.133. The molecule has 0 aliphatic carbocycles. The van der Waals surface area contributed by atoms with Crippen LogP contribution in [0.4, 0.5) is 0 Å². The van der Waals surface area contributed by atoms with Crippen LogP contribution in [0.2, 0.25) is 0 Å². The summed E-state index contributed by atoms with van der Waals surface area (Å²) in [6.45, 7) is -0.373. The largest absolute Gasteiger partial charge is 0.422 e. The average Bonchev–Trinajstić information content (AvgIpc) is 2.47. The summed E-state index contributed by atoms with van der Waals surface area (Å²) >= 11 is 0. The van der Waals surface area contributed by atoms with Crippen molar-refractivity contribution in [2.45, 2.75) is 13.2 Å². The van der Waals surface area contributed by atoms with E-state index in [0.29, 0.717) is 22.1 Å². The normalized spacial score (nSPS) is 11.3. The molecule has 0 aliphatic heterocycles. The zero-order chi connectivity index (χ0) is 13.4. The summed E-state index contributed by atoms with van der Waals surface area (Å²) in [5.74, 6) is 0. The van der Waals surface area contributed by atoms with Gasteiger partial charge < -0.3 is 14.6 Å². The van der Waals surface area contributed by atoms with E-state index >= 15 is 0 Å². The third kappa shape index (κ3) is 1.82. The number of fused-ring (bicyclic) bond motifs is 3. The maximum absolute atomic E-state index is 11.9. The van der Waals surface area contributed by atoms with E-state index in [0.717, 1.165) is 10.8 Å². The second-order valence-corrected chi connectivity index (χ2v) is 4.38. The molecule has 0 radical (unpaired) electrons. The Balaban J connectivity index is 2.57. The second kappa shape index (κ2) is 4.50. The fourth-order valence-corrected chi connectivity index (χ4v) is 2.33. The van der Waals surface area contributed by atoms with E-state index in [1.54, 1.807) is 24.3 Å². The van der Waals surface area contributed by atoms with Crippen molar-refractivity contribution in [2.24, 2.45) is 0 Å². The lowest BCUT2D eigenvalue weighted by Gasteiger charge is -2.08. The van der Waals surface area contributed by atoms with E-state index in [4.69, 9.17) is 4.42 Å². The maximum Gasteiger partial charge on any atom is 0.344 e. The van der Waals surface area contributed by atoms with E-state index in [-0.39, 0.29) is 13.2 Å². The van der Waals surface area contributed by atoms with Gasteiger partial charge in [-0.3, -0.25) is 0 Å². The molecule has 2 aromatic carbocycles. The molecule has 3 aromatic rings. The van der Waals surface area contributed by atoms with Gasteiger partial charge in [0.25, 0.3) is 0 Å². The molecule has 0 aliphatic rings. The molecule has 4 heteroatoms. The zero-order valence-electron chi connectivity index (χ0n) is 10.1. The van der Waals surface area contributed by atoms with Gasteiger partial charge in [0.1, 0.15) is 5.58 Å². The Bertz CT molecular complexity index is 817. The molecule has 1 heterocycles. The zero-order valence-corrected chi connectivity index (χ0v) is 10.1. The van der Waals surface area contributed by atoms with Crippen molar-refractivity contribution in [3.63, 3.8) is 0 Å². The minimum atomic E-state index is -0.422. The smallest absolute Gasteiger partial charge is 0.344 e. The lowest BCUT2D eigenvalue weighted by Crippen LogP contribution is -2.02. The van der Waals surface area contributed by atoms with Gasteiger partial charge >= 0.3 is 5.63 Å². The van der Waals surface area contributed by atoms with E-state index in [9.17, 15) is 15.0 Å². The Labute approximate surface area is 108 Å². The molecule has 0 saturated carbocycles. The Morgan fingerprint density at radius 2 is 1.68 bits per heavy atom. The topological polar surface area (TPSA) is 70.7 Å². The van der Waals surface area contributed by atoms with E-state index in [2.05, 4.69) is 0 Å². The summed E-state index contributed by atoms with van der Waals surface area (Å²) in [6.07, 6.45) is 0. The van der Waals surface area contributed by atoms with Gasteiger partial charge in [-0.05, 0) is 29.1 Å². The van der Waals surface area contributed by atoms with Crippen LogP contribution in [0.3, 0.4) is 0 Å². The molecule has 0 fully saturated rings. The van der Waals surface area contributed by atoms with E-state index in [1.165, 1.54) is 0 Å². The van der Waals surface area contributed by atoms with Gasteiger partial charge in [0.15, 0.2) is 0 Å². The number of aliphatic hydroxyl groups excluding tert-OH is 2. The first-order chi connectivity index (χ1) is 9.24. The van der Waals surface area contributed by atoms with Crippen LogP contribution in [0.15, 0.2) is 45.6 Å². The van der Waals surface area contributed by atoms with Gasteiger partial charge in [-0.25, -0.2) is 4.79 Å². The van der Waals surface area contributed by atoms with Crippen molar-refractivity contribution >= 4 is 21.7 Å². The first-order valence-electron chi connectivity index (χ1n) is 5.93. The fourth-order valence-electron chi connectivity index (χ4n) is 2.33. The Morgan fingerprint density at radius 1 is 0.947 bits per heavy atom. The van der Waals surface area contributed by atoms with Crippen molar-refractivity contribution in [1.29, 1.82) is 0 Å². The van der Waals surface area contributed by atoms with E-state index in [1.807, 2.05) is 12.1 Å². The lowest BCUT2D eigenvalue weighted by atomic mass is 10.0. The first-order valence-corrected chi connectivity index (χ1v) is 5.93. The molecule has 0 unspecified atom stereocenters. The Morgan fingerprint density at radius 3 is 2.37 bits per heavy atom. The number of hydrogen-bond acceptors (Lipinski definition) is 4. The maximum atomic E-state index is 11.9. The van der Waals surface area contributed by atoms with Crippen molar-refractivity contribution < 1.29 is 14.6 Å². The first kappa shape index (κ1) is 11.9. The number of aliphatic hydroxyl groups is 2. The number of hydrogen-bond donors (Lipinski definition) is 2. The molecule has 0 saturated heterocycles. The van der Waals surface area contributed by atoms with Crippen LogP contribution >= 0.6 is 0 Å². The minimum Gasteiger partial charge on any atom is -0.422 e. The van der Waals surface area contributed by atoms with Crippen molar-refractivity contribution in [1.82, 2.24) is 0 Å². The summed E-state index contributed by atoms with van der Waals surface area (Å²) in [6, 6.07) is 10.6. The van der Waals surface area contributed by atoms with Gasteiger partial charge in [-0.15, -0.1) is 0 Å². The summed E-state index contributed by atoms with van der Waals surface area (Å²) in [5.41, 5.74) is 1.14. The second-order valence-electron chi connectivity index (χ2n) is 4.38. The number of benzene rings is 2. The van der Waals surface area contributed by atoms with Crippen LogP contribution < -0.4 is 5.63 Å². The van der Waals surface area contributed by atoms with Crippen LogP contribution in [-0.4, -0.2) is 10.2 Å². The van der Waals surface area contributed by atoms with Crippen molar-refractivity contribution in [3.05, 3.63) is 57.9 Å². The quantitative estimate of drug-likeness (QED) is 0.543. The third-order valence-electron chi connectivity index (χ3n) is 3.21. The minimum absolute atomic E-state index is 0.129. The van der Waals surface area contributed by atoms with E-state index < -0.39 is 5.63 Å². The molecule has 1 aromatic heterocycles.